The van der Waals surface area contributed by atoms with E-state index in [1.165, 1.54) is 6.39 Å². The second-order valence-electron chi connectivity index (χ2n) is 5.25. The highest BCUT2D eigenvalue weighted by atomic mass is 35.5. The van der Waals surface area contributed by atoms with Crippen molar-refractivity contribution >= 4 is 17.5 Å². The van der Waals surface area contributed by atoms with Crippen LogP contribution >= 0.6 is 11.6 Å². The molecule has 1 unspecified atom stereocenters. The lowest BCUT2D eigenvalue weighted by atomic mass is 10.0. The van der Waals surface area contributed by atoms with Crippen molar-refractivity contribution in [2.75, 3.05) is 19.6 Å². The molecule has 0 saturated carbocycles. The van der Waals surface area contributed by atoms with Crippen LogP contribution in [0.25, 0.3) is 0 Å². The highest BCUT2D eigenvalue weighted by Gasteiger charge is 2.31. The number of halogens is 1. The molecule has 1 aromatic heterocycles. The van der Waals surface area contributed by atoms with E-state index >= 15 is 0 Å². The number of piperazine rings is 1. The topological polar surface area (TPSA) is 58.4 Å². The van der Waals surface area contributed by atoms with Crippen LogP contribution in [-0.4, -0.2) is 35.4 Å². The summed E-state index contributed by atoms with van der Waals surface area (Å²) in [6, 6.07) is 7.58. The summed E-state index contributed by atoms with van der Waals surface area (Å²) in [7, 11) is 0. The van der Waals surface area contributed by atoms with Gasteiger partial charge in [-0.25, -0.2) is 4.98 Å². The summed E-state index contributed by atoms with van der Waals surface area (Å²) in [4.78, 5) is 18.8. The predicted molar refractivity (Wildman–Crippen MR) is 84.0 cm³/mol. The quantitative estimate of drug-likeness (QED) is 0.945. The van der Waals surface area contributed by atoms with Crippen molar-refractivity contribution in [1.82, 2.24) is 15.2 Å². The number of carbonyl (C=O) groups excluding carboxylic acids is 1. The van der Waals surface area contributed by atoms with Crippen LogP contribution in [0.4, 0.5) is 0 Å². The van der Waals surface area contributed by atoms with Crippen molar-refractivity contribution in [3.63, 3.8) is 0 Å². The van der Waals surface area contributed by atoms with Crippen LogP contribution in [0.1, 0.15) is 34.8 Å². The monoisotopic (exact) mass is 319 g/mol. The summed E-state index contributed by atoms with van der Waals surface area (Å²) < 4.78 is 5.29. The Morgan fingerprint density at radius 1 is 1.55 bits per heavy atom. The van der Waals surface area contributed by atoms with E-state index in [4.69, 9.17) is 16.0 Å². The first-order valence-electron chi connectivity index (χ1n) is 7.40. The maximum absolute atomic E-state index is 12.9. The van der Waals surface area contributed by atoms with E-state index in [1.807, 2.05) is 36.1 Å². The van der Waals surface area contributed by atoms with E-state index in [9.17, 15) is 4.79 Å². The smallest absolute Gasteiger partial charge is 0.276 e. The Morgan fingerprint density at radius 3 is 3.18 bits per heavy atom. The van der Waals surface area contributed by atoms with Gasteiger partial charge in [-0.1, -0.05) is 30.7 Å². The van der Waals surface area contributed by atoms with Gasteiger partial charge in [-0.05, 0) is 17.7 Å². The highest BCUT2D eigenvalue weighted by Crippen LogP contribution is 2.26. The van der Waals surface area contributed by atoms with E-state index in [1.54, 1.807) is 0 Å². The lowest BCUT2D eigenvalue weighted by Crippen LogP contribution is -2.49. The third kappa shape index (κ3) is 2.87. The summed E-state index contributed by atoms with van der Waals surface area (Å²) >= 11 is 6.09. The highest BCUT2D eigenvalue weighted by molar-refractivity contribution is 6.30. The van der Waals surface area contributed by atoms with Gasteiger partial charge in [-0.15, -0.1) is 0 Å². The van der Waals surface area contributed by atoms with Crippen LogP contribution < -0.4 is 5.32 Å². The lowest BCUT2D eigenvalue weighted by Gasteiger charge is -2.36. The Kier molecular flexibility index (Phi) is 4.45. The average molecular weight is 320 g/mol. The Labute approximate surface area is 134 Å². The molecule has 1 atom stereocenters. The molecule has 1 aliphatic rings. The van der Waals surface area contributed by atoms with Gasteiger partial charge in [0.25, 0.3) is 5.91 Å². The van der Waals surface area contributed by atoms with Gasteiger partial charge >= 0.3 is 0 Å². The van der Waals surface area contributed by atoms with Crippen molar-refractivity contribution in [3.05, 3.63) is 52.7 Å². The standard InChI is InChI=1S/C16H18ClN3O2/c1-2-14-15(19-10-22-14)16(21)20-7-6-18-9-13(20)11-4-3-5-12(17)8-11/h3-5,8,10,13,18H,2,6-7,9H2,1H3. The first-order chi connectivity index (χ1) is 10.7. The van der Waals surface area contributed by atoms with Crippen molar-refractivity contribution in [2.24, 2.45) is 0 Å². The summed E-state index contributed by atoms with van der Waals surface area (Å²) in [5, 5.41) is 4.00. The van der Waals surface area contributed by atoms with Crippen molar-refractivity contribution in [1.29, 1.82) is 0 Å². The molecule has 1 saturated heterocycles. The van der Waals surface area contributed by atoms with Crippen LogP contribution in [0, 0.1) is 0 Å². The molecular formula is C16H18ClN3O2. The number of nitrogens with zero attached hydrogens (tertiary/aromatic N) is 2. The molecule has 22 heavy (non-hydrogen) atoms. The van der Waals surface area contributed by atoms with E-state index < -0.39 is 0 Å². The summed E-state index contributed by atoms with van der Waals surface area (Å²) in [6.07, 6.45) is 1.98. The maximum Gasteiger partial charge on any atom is 0.276 e. The largest absolute Gasteiger partial charge is 0.448 e. The van der Waals surface area contributed by atoms with Crippen LogP contribution in [0.3, 0.4) is 0 Å². The maximum atomic E-state index is 12.9. The normalized spacial score (nSPS) is 18.5. The predicted octanol–water partition coefficient (Wildman–Crippen LogP) is 2.68. The average Bonchev–Trinajstić information content (AvgIpc) is 3.03. The third-order valence-corrected chi connectivity index (χ3v) is 4.14. The zero-order valence-electron chi connectivity index (χ0n) is 12.4. The second kappa shape index (κ2) is 6.50. The van der Waals surface area contributed by atoms with Gasteiger partial charge in [0.2, 0.25) is 0 Å². The zero-order valence-corrected chi connectivity index (χ0v) is 13.1. The Bertz CT molecular complexity index is 671. The molecular weight excluding hydrogens is 302 g/mol. The molecule has 1 fully saturated rings. The van der Waals surface area contributed by atoms with Crippen LogP contribution in [0.5, 0.6) is 0 Å². The fourth-order valence-electron chi connectivity index (χ4n) is 2.79. The first kappa shape index (κ1) is 15.1. The summed E-state index contributed by atoms with van der Waals surface area (Å²) in [5.74, 6) is 0.547. The van der Waals surface area contributed by atoms with Gasteiger partial charge in [-0.2, -0.15) is 0 Å². The van der Waals surface area contributed by atoms with Crippen LogP contribution in [0.15, 0.2) is 35.1 Å². The third-order valence-electron chi connectivity index (χ3n) is 3.90. The molecule has 1 aliphatic heterocycles. The summed E-state index contributed by atoms with van der Waals surface area (Å²) in [5.41, 5.74) is 1.44. The number of aryl methyl sites for hydroxylation is 1. The minimum Gasteiger partial charge on any atom is -0.448 e. The minimum atomic E-state index is -0.0860. The van der Waals surface area contributed by atoms with Crippen molar-refractivity contribution in [3.8, 4) is 0 Å². The molecule has 0 radical (unpaired) electrons. The SMILES string of the molecule is CCc1ocnc1C(=O)N1CCNCC1c1cccc(Cl)c1. The molecule has 0 aliphatic carbocycles. The molecule has 1 N–H and O–H groups in total. The zero-order chi connectivity index (χ0) is 15.5. The minimum absolute atomic E-state index is 0.0543. The fourth-order valence-corrected chi connectivity index (χ4v) is 2.99. The second-order valence-corrected chi connectivity index (χ2v) is 5.69. The molecule has 0 spiro atoms. The molecule has 1 amide bonds. The number of hydrogen-bond donors (Lipinski definition) is 1. The van der Waals surface area contributed by atoms with Gasteiger partial charge in [0.05, 0.1) is 6.04 Å². The van der Waals surface area contributed by atoms with Gasteiger partial charge < -0.3 is 14.6 Å². The molecule has 3 rings (SSSR count). The lowest BCUT2D eigenvalue weighted by molar-refractivity contribution is 0.0626. The number of amides is 1. The van der Waals surface area contributed by atoms with Gasteiger partial charge in [-0.3, -0.25) is 4.79 Å². The number of carbonyl (C=O) groups is 1. The Morgan fingerprint density at radius 2 is 2.41 bits per heavy atom. The van der Waals surface area contributed by atoms with Gasteiger partial charge in [0.1, 0.15) is 5.76 Å². The Balaban J connectivity index is 1.91. The molecule has 0 bridgehead atoms. The molecule has 5 nitrogen and oxygen atoms in total. The van der Waals surface area contributed by atoms with Crippen molar-refractivity contribution < 1.29 is 9.21 Å². The molecule has 6 heteroatoms. The molecule has 2 heterocycles. The fraction of sp³-hybridized carbons (Fsp3) is 0.375. The first-order valence-corrected chi connectivity index (χ1v) is 7.78. The van der Waals surface area contributed by atoms with E-state index in [-0.39, 0.29) is 11.9 Å². The number of aromatic nitrogens is 1. The van der Waals surface area contributed by atoms with Crippen LogP contribution in [0.2, 0.25) is 5.02 Å². The van der Waals surface area contributed by atoms with Crippen LogP contribution in [-0.2, 0) is 6.42 Å². The number of rotatable bonds is 3. The number of oxazole rings is 1. The van der Waals surface area contributed by atoms with E-state index in [2.05, 4.69) is 10.3 Å². The summed E-state index contributed by atoms with van der Waals surface area (Å²) in [6.45, 7) is 4.04. The number of benzene rings is 1. The molecule has 2 aromatic rings. The number of nitrogens with one attached hydrogen (secondary N) is 1. The Hall–Kier alpha value is -1.85. The molecule has 116 valence electrons. The van der Waals surface area contributed by atoms with Gasteiger partial charge in [0, 0.05) is 31.1 Å². The van der Waals surface area contributed by atoms with Gasteiger partial charge in [0.15, 0.2) is 12.1 Å². The molecule has 1 aromatic carbocycles. The number of hydrogen-bond acceptors (Lipinski definition) is 4. The van der Waals surface area contributed by atoms with E-state index in [0.717, 1.165) is 12.1 Å². The van der Waals surface area contributed by atoms with Crippen molar-refractivity contribution in [2.45, 2.75) is 19.4 Å². The van der Waals surface area contributed by atoms with E-state index in [0.29, 0.717) is 36.0 Å².